The molecule has 2 rings (SSSR count). The lowest BCUT2D eigenvalue weighted by atomic mass is 9.80. The van der Waals surface area contributed by atoms with Crippen LogP contribution in [0.1, 0.15) is 36.5 Å². The Morgan fingerprint density at radius 1 is 1.42 bits per heavy atom. The highest BCUT2D eigenvalue weighted by Crippen LogP contribution is 2.29. The van der Waals surface area contributed by atoms with Gasteiger partial charge in [0.15, 0.2) is 0 Å². The van der Waals surface area contributed by atoms with Crippen LogP contribution in [0, 0.1) is 5.92 Å². The molecule has 4 nitrogen and oxygen atoms in total. The van der Waals surface area contributed by atoms with Gasteiger partial charge in [0.05, 0.1) is 11.4 Å². The van der Waals surface area contributed by atoms with Crippen LogP contribution >= 0.6 is 0 Å². The van der Waals surface area contributed by atoms with Gasteiger partial charge < -0.3 is 16.0 Å². The number of hydrogen-bond acceptors (Lipinski definition) is 3. The van der Waals surface area contributed by atoms with Crippen molar-refractivity contribution in [2.45, 2.75) is 32.2 Å². The molecule has 1 amide bonds. The summed E-state index contributed by atoms with van der Waals surface area (Å²) in [5.41, 5.74) is 8.17. The van der Waals surface area contributed by atoms with E-state index in [1.165, 1.54) is 19.3 Å². The van der Waals surface area contributed by atoms with E-state index in [0.717, 1.165) is 5.69 Å². The molecule has 19 heavy (non-hydrogen) atoms. The predicted molar refractivity (Wildman–Crippen MR) is 79.5 cm³/mol. The second kappa shape index (κ2) is 5.51. The Bertz CT molecular complexity index is 466. The minimum absolute atomic E-state index is 0.0311. The first-order valence-electron chi connectivity index (χ1n) is 6.86. The summed E-state index contributed by atoms with van der Waals surface area (Å²) < 4.78 is 0. The molecule has 104 valence electrons. The summed E-state index contributed by atoms with van der Waals surface area (Å²) in [4.78, 5) is 14.1. The normalized spacial score (nSPS) is 16.6. The van der Waals surface area contributed by atoms with Crippen LogP contribution in [-0.4, -0.2) is 26.0 Å². The van der Waals surface area contributed by atoms with Crippen molar-refractivity contribution in [3.63, 3.8) is 0 Å². The quantitative estimate of drug-likeness (QED) is 0.817. The summed E-state index contributed by atoms with van der Waals surface area (Å²) in [6.07, 6.45) is 3.74. The second-order valence-electron chi connectivity index (χ2n) is 5.62. The molecule has 0 aliphatic heterocycles. The Morgan fingerprint density at radius 2 is 2.11 bits per heavy atom. The van der Waals surface area contributed by atoms with E-state index in [0.29, 0.717) is 17.2 Å². The van der Waals surface area contributed by atoms with Crippen LogP contribution in [0.5, 0.6) is 0 Å². The van der Waals surface area contributed by atoms with Gasteiger partial charge in [-0.05, 0) is 43.9 Å². The van der Waals surface area contributed by atoms with Gasteiger partial charge in [-0.25, -0.2) is 0 Å². The fourth-order valence-corrected chi connectivity index (χ4v) is 2.45. The average Bonchev–Trinajstić information content (AvgIpc) is 2.25. The van der Waals surface area contributed by atoms with Crippen molar-refractivity contribution < 1.29 is 4.79 Å². The Morgan fingerprint density at radius 3 is 2.58 bits per heavy atom. The average molecular weight is 261 g/mol. The van der Waals surface area contributed by atoms with Crippen molar-refractivity contribution in [2.24, 2.45) is 5.92 Å². The van der Waals surface area contributed by atoms with E-state index >= 15 is 0 Å². The fourth-order valence-electron chi connectivity index (χ4n) is 2.45. The summed E-state index contributed by atoms with van der Waals surface area (Å²) in [7, 11) is 3.87. The molecule has 1 atom stereocenters. The van der Waals surface area contributed by atoms with Gasteiger partial charge in [-0.3, -0.25) is 4.79 Å². The number of carbonyl (C=O) groups is 1. The number of nitrogens with one attached hydrogen (secondary N) is 1. The lowest BCUT2D eigenvalue weighted by Crippen LogP contribution is -2.40. The van der Waals surface area contributed by atoms with Crippen molar-refractivity contribution in [1.82, 2.24) is 5.32 Å². The number of nitrogens with zero attached hydrogens (tertiary/aromatic N) is 1. The molecule has 4 heteroatoms. The number of anilines is 2. The van der Waals surface area contributed by atoms with Crippen molar-refractivity contribution in [1.29, 1.82) is 0 Å². The fraction of sp³-hybridized carbons (Fsp3) is 0.533. The molecule has 0 bridgehead atoms. The molecule has 0 aromatic heterocycles. The van der Waals surface area contributed by atoms with Gasteiger partial charge in [0.25, 0.3) is 5.91 Å². The van der Waals surface area contributed by atoms with E-state index in [9.17, 15) is 4.79 Å². The van der Waals surface area contributed by atoms with Crippen molar-refractivity contribution in [3.8, 4) is 0 Å². The Hall–Kier alpha value is -1.71. The van der Waals surface area contributed by atoms with E-state index in [1.807, 2.05) is 31.1 Å². The van der Waals surface area contributed by atoms with Crippen molar-refractivity contribution in [3.05, 3.63) is 23.8 Å². The molecule has 1 fully saturated rings. The molecule has 0 spiro atoms. The molecule has 3 N–H and O–H groups in total. The van der Waals surface area contributed by atoms with Crippen LogP contribution in [0.25, 0.3) is 0 Å². The number of benzene rings is 1. The largest absolute Gasteiger partial charge is 0.397 e. The zero-order valence-corrected chi connectivity index (χ0v) is 11.9. The number of nitrogens with two attached hydrogens (primary N) is 1. The van der Waals surface area contributed by atoms with E-state index in [4.69, 9.17) is 5.73 Å². The van der Waals surface area contributed by atoms with Gasteiger partial charge in [-0.15, -0.1) is 0 Å². The topological polar surface area (TPSA) is 58.4 Å². The molecule has 1 aliphatic carbocycles. The molecule has 1 saturated carbocycles. The number of carbonyl (C=O) groups excluding carboxylic acids is 1. The first-order chi connectivity index (χ1) is 8.99. The Balaban J connectivity index is 2.04. The third-order valence-corrected chi connectivity index (χ3v) is 3.99. The third kappa shape index (κ3) is 3.00. The number of amides is 1. The van der Waals surface area contributed by atoms with Gasteiger partial charge in [0.1, 0.15) is 0 Å². The Kier molecular flexibility index (Phi) is 3.98. The first-order valence-corrected chi connectivity index (χ1v) is 6.86. The molecular weight excluding hydrogens is 238 g/mol. The second-order valence-corrected chi connectivity index (χ2v) is 5.62. The minimum Gasteiger partial charge on any atom is -0.397 e. The summed E-state index contributed by atoms with van der Waals surface area (Å²) in [6.45, 7) is 2.08. The molecule has 1 aromatic carbocycles. The van der Waals surface area contributed by atoms with Crippen LogP contribution in [0.2, 0.25) is 0 Å². The summed E-state index contributed by atoms with van der Waals surface area (Å²) in [5, 5.41) is 3.07. The van der Waals surface area contributed by atoms with Crippen LogP contribution in [-0.2, 0) is 0 Å². The maximum absolute atomic E-state index is 12.2. The molecule has 1 unspecified atom stereocenters. The van der Waals surface area contributed by atoms with Gasteiger partial charge in [-0.2, -0.15) is 0 Å². The zero-order chi connectivity index (χ0) is 14.0. The molecular formula is C15H23N3O. The lowest BCUT2D eigenvalue weighted by Gasteiger charge is -2.31. The van der Waals surface area contributed by atoms with E-state index < -0.39 is 0 Å². The molecule has 0 heterocycles. The first kappa shape index (κ1) is 13.7. The van der Waals surface area contributed by atoms with Crippen LogP contribution in [0.4, 0.5) is 11.4 Å². The smallest absolute Gasteiger partial charge is 0.251 e. The number of rotatable bonds is 4. The summed E-state index contributed by atoms with van der Waals surface area (Å²) in [6, 6.07) is 5.71. The Labute approximate surface area is 115 Å². The lowest BCUT2D eigenvalue weighted by molar-refractivity contribution is 0.0909. The van der Waals surface area contributed by atoms with Crippen molar-refractivity contribution >= 4 is 17.3 Å². The van der Waals surface area contributed by atoms with Gasteiger partial charge in [0, 0.05) is 25.7 Å². The van der Waals surface area contributed by atoms with E-state index in [1.54, 1.807) is 6.07 Å². The molecule has 1 aliphatic rings. The standard InChI is InChI=1S/C15H23N3O/c1-10(11-5-4-6-11)17-15(19)12-7-8-14(18(2)3)13(16)9-12/h7-11H,4-6,16H2,1-3H3,(H,17,19). The van der Waals surface area contributed by atoms with Gasteiger partial charge in [-0.1, -0.05) is 6.42 Å². The summed E-state index contributed by atoms with van der Waals surface area (Å²) >= 11 is 0. The van der Waals surface area contributed by atoms with Crippen LogP contribution in [0.15, 0.2) is 18.2 Å². The van der Waals surface area contributed by atoms with Crippen LogP contribution < -0.4 is 16.0 Å². The van der Waals surface area contributed by atoms with Gasteiger partial charge in [0.2, 0.25) is 0 Å². The SMILES string of the molecule is CC(NC(=O)c1ccc(N(C)C)c(N)c1)C1CCC1. The number of nitrogen functional groups attached to an aromatic ring is 1. The maximum Gasteiger partial charge on any atom is 0.251 e. The van der Waals surface area contributed by atoms with Crippen LogP contribution in [0.3, 0.4) is 0 Å². The van der Waals surface area contributed by atoms with Gasteiger partial charge >= 0.3 is 0 Å². The molecule has 0 radical (unpaired) electrons. The third-order valence-electron chi connectivity index (χ3n) is 3.99. The maximum atomic E-state index is 12.2. The zero-order valence-electron chi connectivity index (χ0n) is 11.9. The van der Waals surface area contributed by atoms with E-state index in [2.05, 4.69) is 12.2 Å². The molecule has 1 aromatic rings. The summed E-state index contributed by atoms with van der Waals surface area (Å²) in [5.74, 6) is 0.610. The highest BCUT2D eigenvalue weighted by molar-refractivity contribution is 5.96. The monoisotopic (exact) mass is 261 g/mol. The highest BCUT2D eigenvalue weighted by Gasteiger charge is 2.25. The number of hydrogen-bond donors (Lipinski definition) is 2. The van der Waals surface area contributed by atoms with E-state index in [-0.39, 0.29) is 11.9 Å². The van der Waals surface area contributed by atoms with Crippen molar-refractivity contribution in [2.75, 3.05) is 24.7 Å². The molecule has 0 saturated heterocycles. The minimum atomic E-state index is -0.0311. The highest BCUT2D eigenvalue weighted by atomic mass is 16.1. The predicted octanol–water partition coefficient (Wildman–Crippen LogP) is 2.25.